The lowest BCUT2D eigenvalue weighted by molar-refractivity contribution is 0.755. The van der Waals surface area contributed by atoms with Gasteiger partial charge >= 0.3 is 0 Å². The summed E-state index contributed by atoms with van der Waals surface area (Å²) in [5.41, 5.74) is 15.8. The van der Waals surface area contributed by atoms with E-state index in [2.05, 4.69) is 224 Å². The second-order valence-corrected chi connectivity index (χ2v) is 15.6. The van der Waals surface area contributed by atoms with Gasteiger partial charge in [0.25, 0.3) is 0 Å². The average Bonchev–Trinajstić information content (AvgIpc) is 3.80. The molecule has 3 heterocycles. The van der Waals surface area contributed by atoms with Crippen molar-refractivity contribution in [2.24, 2.45) is 0 Å². The van der Waals surface area contributed by atoms with Crippen molar-refractivity contribution in [1.82, 2.24) is 13.7 Å². The highest BCUT2D eigenvalue weighted by Crippen LogP contribution is 2.33. The van der Waals surface area contributed by atoms with Gasteiger partial charge in [0.15, 0.2) is 0 Å². The van der Waals surface area contributed by atoms with E-state index in [1.54, 1.807) is 0 Å². The molecule has 0 saturated carbocycles. The third-order valence-corrected chi connectivity index (χ3v) is 11.8. The van der Waals surface area contributed by atoms with Gasteiger partial charge in [0, 0.05) is 91.8 Å². The maximum absolute atomic E-state index is 4.50. The first-order valence-corrected chi connectivity index (χ1v) is 21.1. The summed E-state index contributed by atoms with van der Waals surface area (Å²) in [6.07, 6.45) is 25.5. The van der Waals surface area contributed by atoms with Crippen LogP contribution in [0.5, 0.6) is 0 Å². The van der Waals surface area contributed by atoms with Crippen LogP contribution < -0.4 is 0 Å². The van der Waals surface area contributed by atoms with Crippen LogP contribution in [0, 0.1) is 0 Å². The van der Waals surface area contributed by atoms with Crippen molar-refractivity contribution in [3.63, 3.8) is 0 Å². The summed E-state index contributed by atoms with van der Waals surface area (Å²) in [7, 11) is 0. The molecule has 0 unspecified atom stereocenters. The molecule has 0 aliphatic heterocycles. The Morgan fingerprint density at radius 1 is 0.559 bits per heavy atom. The van der Waals surface area contributed by atoms with Gasteiger partial charge in [-0.15, -0.1) is 0 Å². The van der Waals surface area contributed by atoms with Crippen LogP contribution in [0.15, 0.2) is 187 Å². The highest BCUT2D eigenvalue weighted by atomic mass is 15.0. The summed E-state index contributed by atoms with van der Waals surface area (Å²) in [4.78, 5) is 0. The van der Waals surface area contributed by atoms with E-state index in [4.69, 9.17) is 0 Å². The van der Waals surface area contributed by atoms with Gasteiger partial charge in [-0.25, -0.2) is 0 Å². The summed E-state index contributed by atoms with van der Waals surface area (Å²) >= 11 is 0. The molecule has 290 valence electrons. The number of fused-ring (bicyclic) bond motifs is 9. The minimum atomic E-state index is 0.925. The lowest BCUT2D eigenvalue weighted by atomic mass is 10.0. The van der Waals surface area contributed by atoms with Crippen LogP contribution in [0.3, 0.4) is 0 Å². The normalized spacial score (nSPS) is 14.0. The molecule has 0 saturated heterocycles. The highest BCUT2D eigenvalue weighted by Gasteiger charge is 2.15. The van der Waals surface area contributed by atoms with Crippen LogP contribution in [0.1, 0.15) is 50.1 Å². The molecule has 8 aromatic rings. The van der Waals surface area contributed by atoms with Crippen LogP contribution in [0.4, 0.5) is 0 Å². The molecule has 3 nitrogen and oxygen atoms in total. The Morgan fingerprint density at radius 2 is 1.08 bits per heavy atom. The zero-order valence-corrected chi connectivity index (χ0v) is 34.6. The smallest absolute Gasteiger partial charge is 0.0491 e. The molecule has 3 heteroatoms. The lowest BCUT2D eigenvalue weighted by Gasteiger charge is -2.05. The Morgan fingerprint density at radius 3 is 1.68 bits per heavy atom. The van der Waals surface area contributed by atoms with E-state index in [1.807, 2.05) is 0 Å². The number of aromatic nitrogens is 3. The zero-order valence-electron chi connectivity index (χ0n) is 34.6. The number of benzene rings is 5. The Labute approximate surface area is 347 Å². The monoisotopic (exact) mass is 765 g/mol. The van der Waals surface area contributed by atoms with E-state index < -0.39 is 0 Å². The van der Waals surface area contributed by atoms with Crippen LogP contribution in [-0.4, -0.2) is 13.7 Å². The molecule has 0 spiro atoms. The summed E-state index contributed by atoms with van der Waals surface area (Å²) in [5, 5.41) is 6.47. The second kappa shape index (κ2) is 16.2. The van der Waals surface area contributed by atoms with Crippen LogP contribution >= 0.6 is 0 Å². The molecule has 1 aliphatic carbocycles. The van der Waals surface area contributed by atoms with E-state index in [9.17, 15) is 0 Å². The molecular weight excluding hydrogens is 715 g/mol. The summed E-state index contributed by atoms with van der Waals surface area (Å²) < 4.78 is 7.25. The molecule has 59 heavy (non-hydrogen) atoms. The number of rotatable bonds is 11. The summed E-state index contributed by atoms with van der Waals surface area (Å²) in [6.45, 7) is 16.2. The predicted octanol–water partition coefficient (Wildman–Crippen LogP) is 14.8. The largest absolute Gasteiger partial charge is 0.344 e. The highest BCUT2D eigenvalue weighted by molar-refractivity contribution is 6.09. The molecule has 0 radical (unpaired) electrons. The van der Waals surface area contributed by atoms with Crippen molar-refractivity contribution in [2.75, 3.05) is 0 Å². The van der Waals surface area contributed by atoms with Gasteiger partial charge in [0.05, 0.1) is 0 Å². The van der Waals surface area contributed by atoms with Gasteiger partial charge in [0.1, 0.15) is 0 Å². The Balaban J connectivity index is 1.05. The quantitative estimate of drug-likeness (QED) is 0.117. The van der Waals surface area contributed by atoms with Crippen molar-refractivity contribution in [3.05, 3.63) is 209 Å². The molecule has 0 amide bonds. The van der Waals surface area contributed by atoms with Gasteiger partial charge in [-0.1, -0.05) is 134 Å². The summed E-state index contributed by atoms with van der Waals surface area (Å²) in [5.74, 6) is 0. The van der Waals surface area contributed by atoms with Gasteiger partial charge in [0.2, 0.25) is 0 Å². The maximum atomic E-state index is 4.50. The fourth-order valence-electron chi connectivity index (χ4n) is 9.12. The molecule has 1 aliphatic rings. The first-order chi connectivity index (χ1) is 28.9. The Bertz CT molecular complexity index is 3150. The number of hydrogen-bond acceptors (Lipinski definition) is 0. The minimum Gasteiger partial charge on any atom is -0.344 e. The van der Waals surface area contributed by atoms with Crippen molar-refractivity contribution < 1.29 is 0 Å². The van der Waals surface area contributed by atoms with Crippen LogP contribution in [0.2, 0.25) is 0 Å². The minimum absolute atomic E-state index is 0.925. The first-order valence-electron chi connectivity index (χ1n) is 21.1. The van der Waals surface area contributed by atoms with E-state index in [-0.39, 0.29) is 0 Å². The second-order valence-electron chi connectivity index (χ2n) is 15.6. The number of allylic oxidation sites excluding steroid dienone is 12. The molecule has 0 N–H and O–H groups in total. The number of para-hydroxylation sites is 3. The maximum Gasteiger partial charge on any atom is 0.0491 e. The number of nitrogens with zero attached hydrogens (tertiary/aromatic N) is 3. The van der Waals surface area contributed by atoms with E-state index in [1.165, 1.54) is 76.9 Å². The van der Waals surface area contributed by atoms with E-state index in [0.717, 1.165) is 48.3 Å². The molecule has 0 bridgehead atoms. The SMILES string of the molecule is C=C(/C=C(/C=C/c1ccc2c(c1)c1ccccc1n2CC)\C=C(C)\C=C\C1=Cc2c(n(CC)c3ccccc23)CC=C1)/C=C/c1ccc2c(c1)c1ccccc1n2CC. The van der Waals surface area contributed by atoms with E-state index in [0.29, 0.717) is 0 Å². The Hall–Kier alpha value is -6.84. The first kappa shape index (κ1) is 37.7. The van der Waals surface area contributed by atoms with Gasteiger partial charge < -0.3 is 13.7 Å². The number of hydrogen-bond donors (Lipinski definition) is 0. The van der Waals surface area contributed by atoms with Crippen LogP contribution in [0.25, 0.3) is 72.7 Å². The van der Waals surface area contributed by atoms with E-state index >= 15 is 0 Å². The van der Waals surface area contributed by atoms with Gasteiger partial charge in [-0.05, 0) is 110 Å². The van der Waals surface area contributed by atoms with Gasteiger partial charge in [-0.2, -0.15) is 0 Å². The molecular formula is C56H51N3. The topological polar surface area (TPSA) is 14.8 Å². The fraction of sp³-hybridized carbons (Fsp3) is 0.143. The van der Waals surface area contributed by atoms with Gasteiger partial charge in [-0.3, -0.25) is 0 Å². The predicted molar refractivity (Wildman–Crippen MR) is 257 cm³/mol. The molecule has 9 rings (SSSR count). The summed E-state index contributed by atoms with van der Waals surface area (Å²) in [6, 6.07) is 39.8. The average molecular weight is 766 g/mol. The van der Waals surface area contributed by atoms with Crippen molar-refractivity contribution in [1.29, 1.82) is 0 Å². The molecule has 0 atom stereocenters. The third kappa shape index (κ3) is 7.19. The molecule has 3 aromatic heterocycles. The number of aryl methyl sites for hydroxylation is 3. The lowest BCUT2D eigenvalue weighted by Crippen LogP contribution is -1.99. The van der Waals surface area contributed by atoms with Crippen molar-refractivity contribution >= 4 is 72.7 Å². The molecule has 0 fully saturated rings. The zero-order chi connectivity index (χ0) is 40.5. The fourth-order valence-corrected chi connectivity index (χ4v) is 9.12. The standard InChI is InChI=1S/C56H51N3/c1-6-57-51-20-12-9-17-45(51)48-36-41(16-15-23-54(48)57)26-24-39(4)34-44(29-28-43-31-33-56-50(38-43)47-19-11-14-22-53(47)59(56)8-3)35-40(5)25-27-42-30-32-55-49(37-42)46-18-10-13-21-52(46)58(55)7-2/h9-22,24-38H,5-8,23H2,1-4H3/b26-24+,27-25+,29-28+,39-34+,44-35-. The van der Waals surface area contributed by atoms with Crippen molar-refractivity contribution in [2.45, 2.75) is 53.8 Å². The van der Waals surface area contributed by atoms with Crippen LogP contribution in [-0.2, 0) is 26.1 Å². The Kier molecular flexibility index (Phi) is 10.4. The van der Waals surface area contributed by atoms with Crippen molar-refractivity contribution in [3.8, 4) is 0 Å². The molecule has 5 aromatic carbocycles. The third-order valence-electron chi connectivity index (χ3n) is 11.8.